The SMILES string of the molecule is Cc1cc(-c2nn(CCC(=O)O)c(N)c2C=O)ccc1F. The van der Waals surface area contributed by atoms with Gasteiger partial charge in [0.1, 0.15) is 17.3 Å². The van der Waals surface area contributed by atoms with Gasteiger partial charge in [-0.1, -0.05) is 0 Å². The van der Waals surface area contributed by atoms with E-state index in [1.807, 2.05) is 0 Å². The topological polar surface area (TPSA) is 98.2 Å². The molecule has 0 spiro atoms. The molecule has 2 aromatic rings. The van der Waals surface area contributed by atoms with E-state index in [-0.39, 0.29) is 30.2 Å². The molecular weight excluding hydrogens is 277 g/mol. The molecular formula is C14H14FN3O3. The minimum Gasteiger partial charge on any atom is -0.481 e. The number of carbonyl (C=O) groups is 2. The van der Waals surface area contributed by atoms with Crippen LogP contribution in [0.3, 0.4) is 0 Å². The number of hydrogen-bond donors (Lipinski definition) is 2. The zero-order valence-electron chi connectivity index (χ0n) is 11.3. The number of aryl methyl sites for hydroxylation is 2. The Labute approximate surface area is 120 Å². The van der Waals surface area contributed by atoms with Crippen molar-refractivity contribution >= 4 is 18.1 Å². The molecule has 0 unspecified atom stereocenters. The molecule has 2 rings (SSSR count). The zero-order valence-corrected chi connectivity index (χ0v) is 11.3. The average Bonchev–Trinajstić information content (AvgIpc) is 2.76. The first kappa shape index (κ1) is 14.7. The summed E-state index contributed by atoms with van der Waals surface area (Å²) in [5.74, 6) is -1.25. The third-order valence-corrected chi connectivity index (χ3v) is 3.12. The van der Waals surface area contributed by atoms with Crippen molar-refractivity contribution in [1.29, 1.82) is 0 Å². The van der Waals surface area contributed by atoms with E-state index >= 15 is 0 Å². The second-order valence-corrected chi connectivity index (χ2v) is 4.60. The number of halogens is 1. The van der Waals surface area contributed by atoms with Crippen molar-refractivity contribution in [3.8, 4) is 11.3 Å². The average molecular weight is 291 g/mol. The third kappa shape index (κ3) is 2.91. The number of aliphatic carboxylic acids is 1. The van der Waals surface area contributed by atoms with E-state index in [1.54, 1.807) is 13.0 Å². The van der Waals surface area contributed by atoms with Crippen LogP contribution in [0.1, 0.15) is 22.3 Å². The number of aromatic nitrogens is 2. The normalized spacial score (nSPS) is 10.6. The number of rotatable bonds is 5. The number of carboxylic acid groups (broad SMARTS) is 1. The Morgan fingerprint density at radius 2 is 2.24 bits per heavy atom. The maximum absolute atomic E-state index is 13.3. The predicted octanol–water partition coefficient (Wildman–Crippen LogP) is 1.87. The Balaban J connectivity index is 2.47. The molecule has 0 aliphatic rings. The molecule has 0 bridgehead atoms. The van der Waals surface area contributed by atoms with E-state index in [0.717, 1.165) is 0 Å². The smallest absolute Gasteiger partial charge is 0.305 e. The number of carboxylic acids is 1. The summed E-state index contributed by atoms with van der Waals surface area (Å²) in [5.41, 5.74) is 7.27. The highest BCUT2D eigenvalue weighted by Crippen LogP contribution is 2.27. The second-order valence-electron chi connectivity index (χ2n) is 4.60. The lowest BCUT2D eigenvalue weighted by Gasteiger charge is -2.01. The van der Waals surface area contributed by atoms with Crippen molar-refractivity contribution in [1.82, 2.24) is 9.78 Å². The molecule has 1 heterocycles. The van der Waals surface area contributed by atoms with Crippen LogP contribution in [0, 0.1) is 12.7 Å². The molecule has 110 valence electrons. The van der Waals surface area contributed by atoms with Crippen molar-refractivity contribution in [3.63, 3.8) is 0 Å². The Kier molecular flexibility index (Phi) is 4.02. The van der Waals surface area contributed by atoms with E-state index in [1.165, 1.54) is 16.8 Å². The van der Waals surface area contributed by atoms with Gasteiger partial charge >= 0.3 is 5.97 Å². The van der Waals surface area contributed by atoms with E-state index in [4.69, 9.17) is 10.8 Å². The fourth-order valence-electron chi connectivity index (χ4n) is 1.98. The zero-order chi connectivity index (χ0) is 15.6. The molecule has 0 fully saturated rings. The van der Waals surface area contributed by atoms with Gasteiger partial charge in [-0.3, -0.25) is 9.59 Å². The highest BCUT2D eigenvalue weighted by Gasteiger charge is 2.17. The van der Waals surface area contributed by atoms with Crippen LogP contribution < -0.4 is 5.73 Å². The first-order valence-corrected chi connectivity index (χ1v) is 6.23. The number of aldehydes is 1. The van der Waals surface area contributed by atoms with Gasteiger partial charge in [0.15, 0.2) is 6.29 Å². The number of nitrogen functional groups attached to an aromatic ring is 1. The Morgan fingerprint density at radius 1 is 1.52 bits per heavy atom. The third-order valence-electron chi connectivity index (χ3n) is 3.12. The van der Waals surface area contributed by atoms with Crippen LogP contribution in [-0.4, -0.2) is 27.1 Å². The van der Waals surface area contributed by atoms with Crippen LogP contribution in [0.4, 0.5) is 10.2 Å². The van der Waals surface area contributed by atoms with Gasteiger partial charge < -0.3 is 10.8 Å². The van der Waals surface area contributed by atoms with Crippen LogP contribution >= 0.6 is 0 Å². The van der Waals surface area contributed by atoms with Crippen LogP contribution in [0.15, 0.2) is 18.2 Å². The minimum atomic E-state index is -0.989. The molecule has 3 N–H and O–H groups in total. The van der Waals surface area contributed by atoms with Crippen molar-refractivity contribution in [2.75, 3.05) is 5.73 Å². The Hall–Kier alpha value is -2.70. The summed E-state index contributed by atoms with van der Waals surface area (Å²) >= 11 is 0. The highest BCUT2D eigenvalue weighted by atomic mass is 19.1. The lowest BCUT2D eigenvalue weighted by molar-refractivity contribution is -0.137. The molecule has 0 aliphatic heterocycles. The van der Waals surface area contributed by atoms with Gasteiger partial charge in [0, 0.05) is 5.56 Å². The van der Waals surface area contributed by atoms with E-state index < -0.39 is 5.97 Å². The molecule has 0 saturated carbocycles. The number of anilines is 1. The fraction of sp³-hybridized carbons (Fsp3) is 0.214. The molecule has 0 aliphatic carbocycles. The monoisotopic (exact) mass is 291 g/mol. The summed E-state index contributed by atoms with van der Waals surface area (Å²) < 4.78 is 14.6. The van der Waals surface area contributed by atoms with Gasteiger partial charge in [-0.05, 0) is 30.7 Å². The van der Waals surface area contributed by atoms with Crippen molar-refractivity contribution in [2.24, 2.45) is 0 Å². The van der Waals surface area contributed by atoms with Crippen molar-refractivity contribution in [2.45, 2.75) is 19.9 Å². The maximum Gasteiger partial charge on any atom is 0.305 e. The number of nitrogens with two attached hydrogens (primary N) is 1. The first-order valence-electron chi connectivity index (χ1n) is 6.23. The minimum absolute atomic E-state index is 0.0577. The Morgan fingerprint density at radius 3 is 2.81 bits per heavy atom. The summed E-state index contributed by atoms with van der Waals surface area (Å²) in [4.78, 5) is 21.8. The lowest BCUT2D eigenvalue weighted by Crippen LogP contribution is -2.09. The summed E-state index contributed by atoms with van der Waals surface area (Å²) in [7, 11) is 0. The molecule has 0 radical (unpaired) electrons. The van der Waals surface area contributed by atoms with Gasteiger partial charge in [-0.15, -0.1) is 0 Å². The van der Waals surface area contributed by atoms with Gasteiger partial charge in [0.05, 0.1) is 18.5 Å². The maximum atomic E-state index is 13.3. The Bertz CT molecular complexity index is 710. The quantitative estimate of drug-likeness (QED) is 0.819. The molecule has 1 aromatic carbocycles. The van der Waals surface area contributed by atoms with Crippen LogP contribution in [0.2, 0.25) is 0 Å². The fourth-order valence-corrected chi connectivity index (χ4v) is 1.98. The van der Waals surface area contributed by atoms with E-state index in [0.29, 0.717) is 23.1 Å². The molecule has 0 atom stereocenters. The van der Waals surface area contributed by atoms with Crippen LogP contribution in [-0.2, 0) is 11.3 Å². The number of carbonyl (C=O) groups excluding carboxylic acids is 1. The molecule has 7 heteroatoms. The molecule has 21 heavy (non-hydrogen) atoms. The van der Waals surface area contributed by atoms with E-state index in [2.05, 4.69) is 5.10 Å². The highest BCUT2D eigenvalue weighted by molar-refractivity contribution is 5.91. The molecule has 1 aromatic heterocycles. The first-order chi connectivity index (χ1) is 9.93. The van der Waals surface area contributed by atoms with E-state index in [9.17, 15) is 14.0 Å². The summed E-state index contributed by atoms with van der Waals surface area (Å²) in [6.07, 6.45) is 0.402. The van der Waals surface area contributed by atoms with Gasteiger partial charge in [-0.25, -0.2) is 9.07 Å². The number of benzene rings is 1. The van der Waals surface area contributed by atoms with Gasteiger partial charge in [0.25, 0.3) is 0 Å². The van der Waals surface area contributed by atoms with Crippen LogP contribution in [0.5, 0.6) is 0 Å². The largest absolute Gasteiger partial charge is 0.481 e. The number of nitrogens with zero attached hydrogens (tertiary/aromatic N) is 2. The standard InChI is InChI=1S/C14H14FN3O3/c1-8-6-9(2-3-11(8)15)13-10(7-19)14(16)18(17-13)5-4-12(20)21/h2-3,6-7H,4-5,16H2,1H3,(H,20,21). The van der Waals surface area contributed by atoms with Crippen molar-refractivity contribution in [3.05, 3.63) is 35.1 Å². The molecule has 0 amide bonds. The number of hydrogen-bond acceptors (Lipinski definition) is 4. The van der Waals surface area contributed by atoms with Gasteiger partial charge in [0.2, 0.25) is 0 Å². The summed E-state index contributed by atoms with van der Waals surface area (Å²) in [6.45, 7) is 1.66. The second kappa shape index (κ2) is 5.74. The summed E-state index contributed by atoms with van der Waals surface area (Å²) in [5, 5.41) is 12.9. The van der Waals surface area contributed by atoms with Crippen molar-refractivity contribution < 1.29 is 19.1 Å². The van der Waals surface area contributed by atoms with Crippen LogP contribution in [0.25, 0.3) is 11.3 Å². The molecule has 0 saturated heterocycles. The molecule has 6 nitrogen and oxygen atoms in total. The van der Waals surface area contributed by atoms with Gasteiger partial charge in [-0.2, -0.15) is 5.10 Å². The predicted molar refractivity (Wildman–Crippen MR) is 74.4 cm³/mol. The summed E-state index contributed by atoms with van der Waals surface area (Å²) in [6, 6.07) is 4.34. The lowest BCUT2D eigenvalue weighted by atomic mass is 10.1.